The van der Waals surface area contributed by atoms with Crippen molar-refractivity contribution in [3.8, 4) is 0 Å². The third kappa shape index (κ3) is 6.65. The molecule has 5 aliphatic carbocycles. The highest BCUT2D eigenvalue weighted by molar-refractivity contribution is 5.94. The summed E-state index contributed by atoms with van der Waals surface area (Å²) < 4.78 is 11.9. The molecule has 2 N–H and O–H groups in total. The summed E-state index contributed by atoms with van der Waals surface area (Å²) >= 11 is 0. The van der Waals surface area contributed by atoms with Gasteiger partial charge >= 0.3 is 18.0 Å². The van der Waals surface area contributed by atoms with Crippen LogP contribution in [0.15, 0.2) is 11.1 Å². The van der Waals surface area contributed by atoms with Crippen molar-refractivity contribution in [2.45, 2.75) is 183 Å². The maximum absolute atomic E-state index is 14.3. The van der Waals surface area contributed by atoms with Gasteiger partial charge in [-0.15, -0.1) is 0 Å². The smallest absolute Gasteiger partial charge is 0.410 e. The Morgan fingerprint density at radius 3 is 2.20 bits per heavy atom. The van der Waals surface area contributed by atoms with Gasteiger partial charge in [-0.25, -0.2) is 4.79 Å². The maximum atomic E-state index is 14.3. The van der Waals surface area contributed by atoms with Crippen molar-refractivity contribution >= 4 is 29.7 Å². The zero-order chi connectivity index (χ0) is 40.9. The summed E-state index contributed by atoms with van der Waals surface area (Å²) in [4.78, 5) is 68.2. The van der Waals surface area contributed by atoms with Crippen LogP contribution in [0.5, 0.6) is 0 Å². The highest BCUT2D eigenvalue weighted by atomic mass is 16.6. The quantitative estimate of drug-likeness (QED) is 0.194. The predicted octanol–water partition coefficient (Wildman–Crippen LogP) is 8.65. The van der Waals surface area contributed by atoms with Crippen LogP contribution in [0.3, 0.4) is 0 Å². The molecule has 5 fully saturated rings. The Hall–Kier alpha value is -2.91. The minimum atomic E-state index is -1.18. The molecule has 0 bridgehead atoms. The number of carboxylic acid groups (broad SMARTS) is 1. The van der Waals surface area contributed by atoms with E-state index >= 15 is 0 Å². The van der Waals surface area contributed by atoms with Gasteiger partial charge in [0.2, 0.25) is 5.91 Å². The summed E-state index contributed by atoms with van der Waals surface area (Å²) in [5, 5.41) is 13.1. The SMILES string of the molecule is CC(C)C1C(=O)C[C@]2(NC(=O)[C@@H]3CCCN3C(=O)OC(C)(C)C)CC[C@]3(C)C(=C12)CCC1[C@@]2(C)CC[C@H](OC(=O)CC(C)(C)C(=O)O)C(C)(C)C2CC[C@]13C. The Balaban J connectivity index is 1.30. The Labute approximate surface area is 329 Å². The number of aliphatic carboxylic acids is 1. The minimum Gasteiger partial charge on any atom is -0.481 e. The highest BCUT2D eigenvalue weighted by Gasteiger charge is 2.69. The van der Waals surface area contributed by atoms with Gasteiger partial charge in [-0.2, -0.15) is 0 Å². The lowest BCUT2D eigenvalue weighted by molar-refractivity contribution is -0.214. The second kappa shape index (κ2) is 13.6. The van der Waals surface area contributed by atoms with Crippen molar-refractivity contribution in [1.29, 1.82) is 0 Å². The Morgan fingerprint density at radius 2 is 1.58 bits per heavy atom. The third-order valence-electron chi connectivity index (χ3n) is 16.3. The number of carbonyl (C=O) groups excluding carboxylic acids is 4. The van der Waals surface area contributed by atoms with Crippen molar-refractivity contribution in [3.05, 3.63) is 11.1 Å². The van der Waals surface area contributed by atoms with Crippen LogP contribution < -0.4 is 5.32 Å². The van der Waals surface area contributed by atoms with Gasteiger partial charge in [0.15, 0.2) is 0 Å². The first kappa shape index (κ1) is 41.7. The fraction of sp³-hybridized carbons (Fsp3) is 0.844. The Kier molecular flexibility index (Phi) is 10.3. The first-order valence-electron chi connectivity index (χ1n) is 21.3. The van der Waals surface area contributed by atoms with Crippen LogP contribution in [-0.2, 0) is 28.7 Å². The molecule has 10 heteroatoms. The van der Waals surface area contributed by atoms with E-state index in [9.17, 15) is 29.1 Å². The lowest BCUT2D eigenvalue weighted by Gasteiger charge is -2.70. The molecule has 9 atom stereocenters. The summed E-state index contributed by atoms with van der Waals surface area (Å²) in [5.41, 5.74) is -0.494. The largest absolute Gasteiger partial charge is 0.481 e. The van der Waals surface area contributed by atoms with Crippen LogP contribution in [0.1, 0.15) is 160 Å². The molecular weight excluding hydrogens is 697 g/mol. The maximum Gasteiger partial charge on any atom is 0.410 e. The van der Waals surface area contributed by atoms with Crippen molar-refractivity contribution < 1.29 is 38.6 Å². The molecule has 0 aromatic heterocycles. The van der Waals surface area contributed by atoms with E-state index in [1.165, 1.54) is 11.1 Å². The van der Waals surface area contributed by atoms with Crippen LogP contribution in [0.4, 0.5) is 4.79 Å². The number of esters is 1. The summed E-state index contributed by atoms with van der Waals surface area (Å²) in [6.07, 6.45) is 7.88. The molecule has 3 unspecified atom stereocenters. The summed E-state index contributed by atoms with van der Waals surface area (Å²) in [6.45, 7) is 25.3. The van der Waals surface area contributed by atoms with Crippen LogP contribution >= 0.6 is 0 Å². The first-order chi connectivity index (χ1) is 25.2. The number of fused-ring (bicyclic) bond motifs is 6. The number of nitrogens with one attached hydrogen (secondary N) is 1. The lowest BCUT2D eigenvalue weighted by Crippen LogP contribution is -2.65. The van der Waals surface area contributed by atoms with Crippen molar-refractivity contribution in [1.82, 2.24) is 10.2 Å². The molecule has 55 heavy (non-hydrogen) atoms. The van der Waals surface area contributed by atoms with Crippen LogP contribution in [0, 0.1) is 50.7 Å². The number of hydrogen-bond donors (Lipinski definition) is 2. The fourth-order valence-electron chi connectivity index (χ4n) is 13.4. The number of allylic oxidation sites excluding steroid dienone is 1. The average molecular weight is 767 g/mol. The third-order valence-corrected chi connectivity index (χ3v) is 16.3. The number of hydrogen-bond acceptors (Lipinski definition) is 7. The molecule has 0 aromatic carbocycles. The van der Waals surface area contributed by atoms with E-state index in [1.807, 2.05) is 20.8 Å². The van der Waals surface area contributed by atoms with Gasteiger partial charge in [0.1, 0.15) is 23.5 Å². The number of nitrogens with zero attached hydrogens (tertiary/aromatic N) is 1. The van der Waals surface area contributed by atoms with Crippen molar-refractivity contribution in [2.24, 2.45) is 50.7 Å². The Morgan fingerprint density at radius 1 is 0.909 bits per heavy atom. The fourth-order valence-corrected chi connectivity index (χ4v) is 13.4. The number of Topliss-reactive ketones (excluding diaryl/α,β-unsaturated/α-hetero) is 1. The van der Waals surface area contributed by atoms with E-state index < -0.39 is 40.6 Å². The van der Waals surface area contributed by atoms with Crippen LogP contribution in [0.2, 0.25) is 0 Å². The molecule has 1 saturated heterocycles. The Bertz CT molecular complexity index is 1650. The summed E-state index contributed by atoms with van der Waals surface area (Å²) in [6, 6.07) is -0.623. The standard InChI is InChI=1S/C45H70N2O8/c1-26(2)34-29(48)24-45(46-36(50)28-14-13-23-47(28)38(53)55-39(3,4)5)22-21-43(11)27(35(34)45)15-16-31-42(10)19-18-32(54-33(49)25-40(6,7)37(51)52)41(8,9)30(42)17-20-44(31,43)12/h26,28,30-32,34H,13-25H2,1-12H3,(H,46,50)(H,51,52)/t28-,30?,31?,32-,34?,42-,43+,44+,45+/m0/s1. The number of amides is 2. The molecular formula is C45H70N2O8. The van der Waals surface area contributed by atoms with Gasteiger partial charge in [-0.1, -0.05) is 54.0 Å². The van der Waals surface area contributed by atoms with E-state index in [-0.39, 0.29) is 57.7 Å². The molecule has 0 aromatic rings. The van der Waals surface area contributed by atoms with Crippen LogP contribution in [-0.4, -0.2) is 69.6 Å². The molecule has 2 amide bonds. The number of ether oxygens (including phenoxy) is 2. The van der Waals surface area contributed by atoms with Gasteiger partial charge in [0.05, 0.1) is 17.4 Å². The normalized spacial score (nSPS) is 38.5. The predicted molar refractivity (Wildman–Crippen MR) is 210 cm³/mol. The highest BCUT2D eigenvalue weighted by Crippen LogP contribution is 2.75. The molecule has 6 aliphatic rings. The summed E-state index contributed by atoms with van der Waals surface area (Å²) in [5.74, 6) is -0.815. The monoisotopic (exact) mass is 767 g/mol. The van der Waals surface area contributed by atoms with E-state index in [1.54, 1.807) is 18.7 Å². The van der Waals surface area contributed by atoms with Gasteiger partial charge in [0.25, 0.3) is 0 Å². The minimum absolute atomic E-state index is 0.0121. The molecule has 1 aliphatic heterocycles. The zero-order valence-corrected chi connectivity index (χ0v) is 35.9. The number of carbonyl (C=O) groups is 5. The molecule has 6 rings (SSSR count). The topological polar surface area (TPSA) is 139 Å². The second-order valence-corrected chi connectivity index (χ2v) is 21.8. The van der Waals surface area contributed by atoms with Gasteiger partial charge < -0.3 is 19.9 Å². The molecule has 4 saturated carbocycles. The van der Waals surface area contributed by atoms with E-state index in [0.717, 1.165) is 51.4 Å². The number of ketones is 1. The van der Waals surface area contributed by atoms with E-state index in [2.05, 4.69) is 53.8 Å². The van der Waals surface area contributed by atoms with Gasteiger partial charge in [0, 0.05) is 24.3 Å². The number of likely N-dealkylation sites (tertiary alicyclic amines) is 1. The molecule has 0 spiro atoms. The summed E-state index contributed by atoms with van der Waals surface area (Å²) in [7, 11) is 0. The molecule has 0 radical (unpaired) electrons. The van der Waals surface area contributed by atoms with Crippen molar-refractivity contribution in [2.75, 3.05) is 6.54 Å². The van der Waals surface area contributed by atoms with E-state index in [0.29, 0.717) is 37.6 Å². The first-order valence-corrected chi connectivity index (χ1v) is 21.3. The number of rotatable bonds is 7. The van der Waals surface area contributed by atoms with Crippen LogP contribution in [0.25, 0.3) is 0 Å². The van der Waals surface area contributed by atoms with Crippen molar-refractivity contribution in [3.63, 3.8) is 0 Å². The number of carboxylic acids is 1. The lowest BCUT2D eigenvalue weighted by atomic mass is 9.34. The molecule has 1 heterocycles. The van der Waals surface area contributed by atoms with Gasteiger partial charge in [-0.3, -0.25) is 24.1 Å². The zero-order valence-electron chi connectivity index (χ0n) is 35.9. The molecule has 308 valence electrons. The molecule has 10 nitrogen and oxygen atoms in total. The average Bonchev–Trinajstić information content (AvgIpc) is 3.65. The second-order valence-electron chi connectivity index (χ2n) is 21.8. The van der Waals surface area contributed by atoms with E-state index in [4.69, 9.17) is 9.47 Å². The van der Waals surface area contributed by atoms with Gasteiger partial charge in [-0.05, 0) is 138 Å².